The van der Waals surface area contributed by atoms with E-state index in [-0.39, 0.29) is 17.1 Å². The molecule has 0 aliphatic carbocycles. The van der Waals surface area contributed by atoms with Crippen LogP contribution in [0, 0.1) is 18.6 Å². The molecule has 8 nitrogen and oxygen atoms in total. The highest BCUT2D eigenvalue weighted by Crippen LogP contribution is 2.31. The highest BCUT2D eigenvalue weighted by Gasteiger charge is 2.25. The van der Waals surface area contributed by atoms with Gasteiger partial charge in [-0.25, -0.2) is 27.2 Å². The fourth-order valence-electron chi connectivity index (χ4n) is 3.12. The van der Waals surface area contributed by atoms with Gasteiger partial charge < -0.3 is 4.74 Å². The first-order chi connectivity index (χ1) is 15.2. The molecule has 0 atom stereocenters. The average Bonchev–Trinajstić information content (AvgIpc) is 2.75. The highest BCUT2D eigenvalue weighted by molar-refractivity contribution is 7.92. The largest absolute Gasteiger partial charge is 0.480 e. The maximum atomic E-state index is 14.0. The number of aromatic nitrogens is 3. The number of anilines is 1. The predicted octanol–water partition coefficient (Wildman–Crippen LogP) is 3.15. The van der Waals surface area contributed by atoms with Gasteiger partial charge in [0.05, 0.1) is 7.11 Å². The van der Waals surface area contributed by atoms with E-state index in [2.05, 4.69) is 14.7 Å². The number of sulfonamides is 1. The lowest BCUT2D eigenvalue weighted by Crippen LogP contribution is -2.17. The van der Waals surface area contributed by atoms with E-state index in [1.54, 1.807) is 19.1 Å². The molecule has 1 aromatic carbocycles. The van der Waals surface area contributed by atoms with Crippen molar-refractivity contribution in [1.29, 1.82) is 0 Å². The van der Waals surface area contributed by atoms with Crippen LogP contribution in [0.15, 0.2) is 64.7 Å². The first-order valence-electron chi connectivity index (χ1n) is 9.20. The number of aryl methyl sites for hydroxylation is 1. The Bertz CT molecular complexity index is 1500. The van der Waals surface area contributed by atoms with Crippen molar-refractivity contribution < 1.29 is 21.9 Å². The maximum absolute atomic E-state index is 14.0. The molecule has 0 aliphatic rings. The van der Waals surface area contributed by atoms with Gasteiger partial charge in [-0.2, -0.15) is 0 Å². The number of fused-ring (bicyclic) bond motifs is 1. The summed E-state index contributed by atoms with van der Waals surface area (Å²) in [6, 6.07) is 7.43. The van der Waals surface area contributed by atoms with E-state index in [0.29, 0.717) is 22.3 Å². The molecule has 0 saturated heterocycles. The summed E-state index contributed by atoms with van der Waals surface area (Å²) in [6.07, 6.45) is 4.42. The molecule has 3 heterocycles. The van der Waals surface area contributed by atoms with Crippen molar-refractivity contribution in [2.24, 2.45) is 0 Å². The van der Waals surface area contributed by atoms with Crippen LogP contribution in [0.5, 0.6) is 5.88 Å². The summed E-state index contributed by atoms with van der Waals surface area (Å²) in [4.78, 5) is 19.6. The Morgan fingerprint density at radius 2 is 1.75 bits per heavy atom. The summed E-state index contributed by atoms with van der Waals surface area (Å²) < 4.78 is 62.1. The topological polar surface area (TPSA) is 103 Å². The number of nitrogens with zero attached hydrogens (tertiary/aromatic N) is 3. The molecule has 0 aliphatic heterocycles. The van der Waals surface area contributed by atoms with Gasteiger partial charge in [-0.1, -0.05) is 6.07 Å². The van der Waals surface area contributed by atoms with Crippen LogP contribution in [0.4, 0.5) is 14.5 Å². The fourth-order valence-corrected chi connectivity index (χ4v) is 4.31. The smallest absolute Gasteiger partial charge is 0.267 e. The number of hydrogen-bond acceptors (Lipinski definition) is 6. The minimum atomic E-state index is -4.64. The fraction of sp³-hybridized carbons (Fsp3) is 0.0952. The van der Waals surface area contributed by atoms with Crippen LogP contribution in [0.3, 0.4) is 0 Å². The first-order valence-corrected chi connectivity index (χ1v) is 10.7. The van der Waals surface area contributed by atoms with Crippen molar-refractivity contribution in [3.05, 3.63) is 82.5 Å². The summed E-state index contributed by atoms with van der Waals surface area (Å²) >= 11 is 0. The molecule has 4 rings (SSSR count). The molecule has 0 spiro atoms. The lowest BCUT2D eigenvalue weighted by atomic mass is 10.1. The summed E-state index contributed by atoms with van der Waals surface area (Å²) in [6.45, 7) is 1.64. The van der Waals surface area contributed by atoms with Crippen molar-refractivity contribution in [3.63, 3.8) is 0 Å². The zero-order valence-electron chi connectivity index (χ0n) is 16.8. The average molecular weight is 458 g/mol. The number of ether oxygens (including phenoxy) is 1. The molecule has 0 radical (unpaired) electrons. The number of rotatable bonds is 5. The number of methoxy groups -OCH3 is 1. The molecule has 0 bridgehead atoms. The van der Waals surface area contributed by atoms with Crippen LogP contribution in [0.25, 0.3) is 16.8 Å². The van der Waals surface area contributed by atoms with Crippen molar-refractivity contribution in [1.82, 2.24) is 14.4 Å². The Balaban J connectivity index is 1.81. The van der Waals surface area contributed by atoms with Crippen LogP contribution in [0.1, 0.15) is 5.56 Å². The third-order valence-electron chi connectivity index (χ3n) is 4.68. The van der Waals surface area contributed by atoms with Crippen molar-refractivity contribution in [3.8, 4) is 17.0 Å². The summed E-state index contributed by atoms with van der Waals surface area (Å²) in [7, 11) is -3.37. The third-order valence-corrected chi connectivity index (χ3v) is 6.10. The highest BCUT2D eigenvalue weighted by atomic mass is 32.2. The van der Waals surface area contributed by atoms with Gasteiger partial charge in [0.1, 0.15) is 23.0 Å². The predicted molar refractivity (Wildman–Crippen MR) is 113 cm³/mol. The quantitative estimate of drug-likeness (QED) is 0.493. The normalized spacial score (nSPS) is 11.5. The second-order valence-electron chi connectivity index (χ2n) is 6.83. The van der Waals surface area contributed by atoms with Gasteiger partial charge in [0.2, 0.25) is 5.88 Å². The van der Waals surface area contributed by atoms with Gasteiger partial charge in [0.15, 0.2) is 4.90 Å². The monoisotopic (exact) mass is 458 g/mol. The van der Waals surface area contributed by atoms with E-state index >= 15 is 0 Å². The lowest BCUT2D eigenvalue weighted by Gasteiger charge is -2.14. The van der Waals surface area contributed by atoms with Crippen LogP contribution in [0.2, 0.25) is 0 Å². The Morgan fingerprint density at radius 1 is 1.03 bits per heavy atom. The van der Waals surface area contributed by atoms with Crippen molar-refractivity contribution in [2.45, 2.75) is 11.8 Å². The van der Waals surface area contributed by atoms with Gasteiger partial charge in [-0.3, -0.25) is 13.9 Å². The SMILES string of the molecule is COc1ncc(-c2ccc3ncc(C)c(=O)n3c2)cc1NS(=O)(=O)c1c(F)cccc1F. The number of pyridine rings is 2. The Kier molecular flexibility index (Phi) is 5.35. The summed E-state index contributed by atoms with van der Waals surface area (Å²) in [5, 5.41) is 0. The third kappa shape index (κ3) is 3.78. The molecule has 0 saturated carbocycles. The standard InChI is InChI=1S/C21H16F2N4O4S/c1-12-9-24-18-7-6-13(11-27(18)21(12)28)14-8-17(20(31-2)25-10-14)26-32(29,30)19-15(22)4-3-5-16(19)23/h3-11,26H,1-2H3. The number of nitrogens with one attached hydrogen (secondary N) is 1. The van der Waals surface area contributed by atoms with Crippen molar-refractivity contribution >= 4 is 21.4 Å². The van der Waals surface area contributed by atoms with E-state index in [1.807, 2.05) is 0 Å². The first kappa shape index (κ1) is 21.4. The molecule has 0 unspecified atom stereocenters. The van der Waals surface area contributed by atoms with Crippen LogP contribution in [-0.2, 0) is 10.0 Å². The van der Waals surface area contributed by atoms with Crippen LogP contribution in [-0.4, -0.2) is 29.9 Å². The molecule has 4 aromatic rings. The van der Waals surface area contributed by atoms with Crippen molar-refractivity contribution in [2.75, 3.05) is 11.8 Å². The molecule has 0 fully saturated rings. The van der Waals surface area contributed by atoms with Gasteiger partial charge >= 0.3 is 0 Å². The molecular weight excluding hydrogens is 442 g/mol. The van der Waals surface area contributed by atoms with Gasteiger partial charge in [0.25, 0.3) is 15.6 Å². The molecule has 3 aromatic heterocycles. The van der Waals surface area contributed by atoms with E-state index < -0.39 is 26.6 Å². The zero-order chi connectivity index (χ0) is 23.0. The van der Waals surface area contributed by atoms with E-state index in [4.69, 9.17) is 4.74 Å². The van der Waals surface area contributed by atoms with E-state index in [1.165, 1.54) is 36.2 Å². The zero-order valence-corrected chi connectivity index (χ0v) is 17.7. The van der Waals surface area contributed by atoms with E-state index in [9.17, 15) is 22.0 Å². The Labute approximate surface area is 181 Å². The van der Waals surface area contributed by atoms with Gasteiger partial charge in [0, 0.05) is 35.3 Å². The van der Waals surface area contributed by atoms with Gasteiger partial charge in [-0.15, -0.1) is 0 Å². The number of hydrogen-bond donors (Lipinski definition) is 1. The summed E-state index contributed by atoms with van der Waals surface area (Å²) in [5.41, 5.74) is 1.44. The second-order valence-corrected chi connectivity index (χ2v) is 8.45. The summed E-state index contributed by atoms with van der Waals surface area (Å²) in [5.74, 6) is -2.58. The molecular formula is C21H16F2N4O4S. The van der Waals surface area contributed by atoms with Crippen LogP contribution < -0.4 is 15.0 Å². The maximum Gasteiger partial charge on any atom is 0.267 e. The Morgan fingerprint density at radius 3 is 2.44 bits per heavy atom. The molecule has 32 heavy (non-hydrogen) atoms. The minimum Gasteiger partial charge on any atom is -0.480 e. The molecule has 1 N–H and O–H groups in total. The van der Waals surface area contributed by atoms with E-state index in [0.717, 1.165) is 18.2 Å². The second kappa shape index (κ2) is 8.00. The molecule has 164 valence electrons. The molecule has 11 heteroatoms. The number of benzene rings is 1. The number of halogens is 2. The Hall–Kier alpha value is -3.86. The lowest BCUT2D eigenvalue weighted by molar-refractivity contribution is 0.400. The minimum absolute atomic E-state index is 0.107. The van der Waals surface area contributed by atoms with Crippen LogP contribution >= 0.6 is 0 Å². The molecule has 0 amide bonds. The van der Waals surface area contributed by atoms with Gasteiger partial charge in [-0.05, 0) is 37.3 Å².